The molecule has 5 heteroatoms. The normalized spacial score (nSPS) is 10.3. The van der Waals surface area contributed by atoms with Crippen LogP contribution in [0.15, 0.2) is 18.3 Å². The van der Waals surface area contributed by atoms with Gasteiger partial charge in [-0.25, -0.2) is 0 Å². The lowest BCUT2D eigenvalue weighted by Crippen LogP contribution is -2.05. The van der Waals surface area contributed by atoms with E-state index in [-0.39, 0.29) is 5.78 Å². The number of rotatable bonds is 3. The van der Waals surface area contributed by atoms with Crippen molar-refractivity contribution in [3.63, 3.8) is 0 Å². The van der Waals surface area contributed by atoms with Gasteiger partial charge in [-0.05, 0) is 37.1 Å². The lowest BCUT2D eigenvalue weighted by atomic mass is 10.00. The second kappa shape index (κ2) is 4.63. The Morgan fingerprint density at radius 1 is 1.29 bits per heavy atom. The van der Waals surface area contributed by atoms with Gasteiger partial charge in [0.15, 0.2) is 0 Å². The number of carbonyl (C=O) groups is 1. The molecule has 0 atom stereocenters. The van der Waals surface area contributed by atoms with Crippen LogP contribution >= 0.6 is 11.7 Å². The molecular formula is C12H12N2O2S. The summed E-state index contributed by atoms with van der Waals surface area (Å²) in [5.74, 6) is 0.692. The number of aromatic nitrogens is 2. The number of methoxy groups -OCH3 is 1. The minimum Gasteiger partial charge on any atom is -0.496 e. The van der Waals surface area contributed by atoms with Gasteiger partial charge in [0.1, 0.15) is 11.4 Å². The average molecular weight is 248 g/mol. The van der Waals surface area contributed by atoms with E-state index in [0.717, 1.165) is 28.6 Å². The van der Waals surface area contributed by atoms with Crippen LogP contribution in [0, 0.1) is 13.8 Å². The standard InChI is InChI=1S/C12H12N2O2S/c1-7-5-11(16-3)8(2)4-9(7)12(15)10-6-13-17-14-10/h4-6H,1-3H3. The largest absolute Gasteiger partial charge is 0.496 e. The Labute approximate surface area is 104 Å². The van der Waals surface area contributed by atoms with Crippen molar-refractivity contribution in [2.24, 2.45) is 0 Å². The summed E-state index contributed by atoms with van der Waals surface area (Å²) in [5.41, 5.74) is 2.86. The minimum absolute atomic E-state index is 0.0954. The Bertz CT molecular complexity index is 550. The maximum absolute atomic E-state index is 12.1. The molecule has 0 saturated carbocycles. The molecule has 0 aliphatic carbocycles. The molecule has 0 aliphatic heterocycles. The Kier molecular flexibility index (Phi) is 3.19. The van der Waals surface area contributed by atoms with Crippen LogP contribution in [-0.4, -0.2) is 21.6 Å². The van der Waals surface area contributed by atoms with Gasteiger partial charge in [0, 0.05) is 5.56 Å². The molecule has 0 aliphatic rings. The fraction of sp³-hybridized carbons (Fsp3) is 0.250. The first-order valence-electron chi connectivity index (χ1n) is 5.11. The van der Waals surface area contributed by atoms with E-state index < -0.39 is 0 Å². The van der Waals surface area contributed by atoms with Crippen molar-refractivity contribution < 1.29 is 9.53 Å². The van der Waals surface area contributed by atoms with E-state index in [0.29, 0.717) is 11.3 Å². The fourth-order valence-corrected chi connectivity index (χ4v) is 2.07. The van der Waals surface area contributed by atoms with Gasteiger partial charge >= 0.3 is 0 Å². The molecule has 0 amide bonds. The van der Waals surface area contributed by atoms with Gasteiger partial charge in [0.2, 0.25) is 5.78 Å². The van der Waals surface area contributed by atoms with E-state index in [1.807, 2.05) is 26.0 Å². The molecule has 0 bridgehead atoms. The first kappa shape index (κ1) is 11.7. The smallest absolute Gasteiger partial charge is 0.214 e. The Hall–Kier alpha value is -1.75. The van der Waals surface area contributed by atoms with Gasteiger partial charge in [-0.2, -0.15) is 8.75 Å². The van der Waals surface area contributed by atoms with E-state index >= 15 is 0 Å². The average Bonchev–Trinajstić information content (AvgIpc) is 2.84. The number of benzene rings is 1. The molecule has 2 rings (SSSR count). The van der Waals surface area contributed by atoms with Gasteiger partial charge in [0.25, 0.3) is 0 Å². The van der Waals surface area contributed by atoms with E-state index in [4.69, 9.17) is 4.74 Å². The number of ether oxygens (including phenoxy) is 1. The van der Waals surface area contributed by atoms with E-state index in [2.05, 4.69) is 8.75 Å². The third kappa shape index (κ3) is 2.19. The molecule has 1 aromatic carbocycles. The Morgan fingerprint density at radius 3 is 2.65 bits per heavy atom. The fourth-order valence-electron chi connectivity index (χ4n) is 1.66. The predicted octanol–water partition coefficient (Wildman–Crippen LogP) is 2.39. The highest BCUT2D eigenvalue weighted by molar-refractivity contribution is 6.99. The third-order valence-corrected chi connectivity index (χ3v) is 3.06. The maximum Gasteiger partial charge on any atom is 0.214 e. The van der Waals surface area contributed by atoms with Crippen LogP contribution in [0.1, 0.15) is 27.2 Å². The highest BCUT2D eigenvalue weighted by Gasteiger charge is 2.16. The summed E-state index contributed by atoms with van der Waals surface area (Å²) in [7, 11) is 1.62. The van der Waals surface area contributed by atoms with Crippen molar-refractivity contribution in [3.05, 3.63) is 40.7 Å². The molecule has 0 spiro atoms. The summed E-state index contributed by atoms with van der Waals surface area (Å²) >= 11 is 1.03. The SMILES string of the molecule is COc1cc(C)c(C(=O)c2cnsn2)cc1C. The number of nitrogens with zero attached hydrogens (tertiary/aromatic N) is 2. The molecular weight excluding hydrogens is 236 g/mol. The third-order valence-electron chi connectivity index (χ3n) is 2.58. The van der Waals surface area contributed by atoms with Crippen molar-refractivity contribution >= 4 is 17.5 Å². The summed E-state index contributed by atoms with van der Waals surface area (Å²) in [6, 6.07) is 3.69. The summed E-state index contributed by atoms with van der Waals surface area (Å²) in [5, 5.41) is 0. The first-order chi connectivity index (χ1) is 8.13. The van der Waals surface area contributed by atoms with Gasteiger partial charge in [-0.3, -0.25) is 4.79 Å². The van der Waals surface area contributed by atoms with Crippen LogP contribution in [0.5, 0.6) is 5.75 Å². The van der Waals surface area contributed by atoms with Gasteiger partial charge in [0.05, 0.1) is 25.0 Å². The van der Waals surface area contributed by atoms with Crippen LogP contribution < -0.4 is 4.74 Å². The molecule has 4 nitrogen and oxygen atoms in total. The molecule has 0 radical (unpaired) electrons. The van der Waals surface area contributed by atoms with E-state index in [1.165, 1.54) is 6.20 Å². The van der Waals surface area contributed by atoms with Crippen molar-refractivity contribution in [1.29, 1.82) is 0 Å². The zero-order valence-electron chi connectivity index (χ0n) is 9.85. The molecule has 0 unspecified atom stereocenters. The van der Waals surface area contributed by atoms with Gasteiger partial charge in [-0.15, -0.1) is 0 Å². The summed E-state index contributed by atoms with van der Waals surface area (Å²) < 4.78 is 13.0. The lowest BCUT2D eigenvalue weighted by molar-refractivity contribution is 0.103. The molecule has 88 valence electrons. The zero-order valence-corrected chi connectivity index (χ0v) is 10.7. The summed E-state index contributed by atoms with van der Waals surface area (Å²) in [6.45, 7) is 3.79. The number of aryl methyl sites for hydroxylation is 2. The van der Waals surface area contributed by atoms with Crippen LogP contribution in [0.4, 0.5) is 0 Å². The van der Waals surface area contributed by atoms with Crippen molar-refractivity contribution in [3.8, 4) is 5.75 Å². The number of ketones is 1. The highest BCUT2D eigenvalue weighted by Crippen LogP contribution is 2.24. The topological polar surface area (TPSA) is 52.1 Å². The van der Waals surface area contributed by atoms with E-state index in [1.54, 1.807) is 7.11 Å². The van der Waals surface area contributed by atoms with Crippen LogP contribution in [-0.2, 0) is 0 Å². The quantitative estimate of drug-likeness (QED) is 0.783. The van der Waals surface area contributed by atoms with Gasteiger partial charge in [-0.1, -0.05) is 0 Å². The van der Waals surface area contributed by atoms with E-state index in [9.17, 15) is 4.79 Å². The molecule has 1 aromatic heterocycles. The number of hydrogen-bond donors (Lipinski definition) is 0. The minimum atomic E-state index is -0.0954. The molecule has 0 saturated heterocycles. The molecule has 1 heterocycles. The number of hydrogen-bond acceptors (Lipinski definition) is 5. The maximum atomic E-state index is 12.1. The summed E-state index contributed by atoms with van der Waals surface area (Å²) in [6.07, 6.45) is 1.49. The number of carbonyl (C=O) groups excluding carboxylic acids is 1. The van der Waals surface area contributed by atoms with Crippen molar-refractivity contribution in [2.45, 2.75) is 13.8 Å². The van der Waals surface area contributed by atoms with Crippen LogP contribution in [0.25, 0.3) is 0 Å². The predicted molar refractivity (Wildman–Crippen MR) is 65.8 cm³/mol. The van der Waals surface area contributed by atoms with Crippen LogP contribution in [0.2, 0.25) is 0 Å². The molecule has 0 N–H and O–H groups in total. The first-order valence-corrected chi connectivity index (χ1v) is 5.84. The summed E-state index contributed by atoms with van der Waals surface area (Å²) in [4.78, 5) is 12.1. The van der Waals surface area contributed by atoms with Gasteiger partial charge < -0.3 is 4.74 Å². The highest BCUT2D eigenvalue weighted by atomic mass is 32.1. The Morgan fingerprint density at radius 2 is 2.06 bits per heavy atom. The monoisotopic (exact) mass is 248 g/mol. The van der Waals surface area contributed by atoms with Crippen molar-refractivity contribution in [2.75, 3.05) is 7.11 Å². The molecule has 17 heavy (non-hydrogen) atoms. The second-order valence-corrected chi connectivity index (χ2v) is 4.32. The van der Waals surface area contributed by atoms with Crippen LogP contribution in [0.3, 0.4) is 0 Å². The molecule has 0 fully saturated rings. The molecule has 2 aromatic rings. The zero-order chi connectivity index (χ0) is 12.4. The van der Waals surface area contributed by atoms with Crippen molar-refractivity contribution in [1.82, 2.24) is 8.75 Å². The Balaban J connectivity index is 2.46. The second-order valence-electron chi connectivity index (χ2n) is 3.76. The lowest BCUT2D eigenvalue weighted by Gasteiger charge is -2.09.